The lowest BCUT2D eigenvalue weighted by atomic mass is 10.1. The summed E-state index contributed by atoms with van der Waals surface area (Å²) in [6.07, 6.45) is 3.71. The molecule has 0 N–H and O–H groups in total. The van der Waals surface area contributed by atoms with E-state index >= 15 is 0 Å². The lowest BCUT2D eigenvalue weighted by molar-refractivity contribution is 0.0692. The van der Waals surface area contributed by atoms with E-state index in [0.717, 1.165) is 23.4 Å². The molecule has 0 aliphatic rings. The molecule has 27 heavy (non-hydrogen) atoms. The van der Waals surface area contributed by atoms with Crippen LogP contribution in [0.25, 0.3) is 11.4 Å². The maximum atomic E-state index is 6.01. The molecule has 136 valence electrons. The fraction of sp³-hybridized carbons (Fsp3) is 0.190. The zero-order chi connectivity index (χ0) is 18.7. The second-order valence-electron chi connectivity index (χ2n) is 6.75. The number of aromatic nitrogens is 4. The zero-order valence-electron chi connectivity index (χ0n) is 15.2. The van der Waals surface area contributed by atoms with Gasteiger partial charge in [-0.15, -0.1) is 0 Å². The van der Waals surface area contributed by atoms with Crippen LogP contribution < -0.4 is 4.74 Å². The van der Waals surface area contributed by atoms with Crippen LogP contribution in [0.1, 0.15) is 25.3 Å². The van der Waals surface area contributed by atoms with Crippen molar-refractivity contribution in [3.05, 3.63) is 84.5 Å². The van der Waals surface area contributed by atoms with Crippen molar-refractivity contribution in [3.8, 4) is 17.1 Å². The molecule has 0 unspecified atom stereocenters. The van der Waals surface area contributed by atoms with Gasteiger partial charge in [0, 0.05) is 18.0 Å². The summed E-state index contributed by atoms with van der Waals surface area (Å²) in [7, 11) is 0. The number of ether oxygens (including phenoxy) is 1. The molecular formula is C21H20N4O2. The van der Waals surface area contributed by atoms with Gasteiger partial charge in [0.25, 0.3) is 5.89 Å². The summed E-state index contributed by atoms with van der Waals surface area (Å²) >= 11 is 0. The molecule has 2 heterocycles. The van der Waals surface area contributed by atoms with Gasteiger partial charge < -0.3 is 9.26 Å². The van der Waals surface area contributed by atoms with E-state index in [-0.39, 0.29) is 0 Å². The predicted molar refractivity (Wildman–Crippen MR) is 101 cm³/mol. The first kappa shape index (κ1) is 17.0. The van der Waals surface area contributed by atoms with E-state index in [9.17, 15) is 0 Å². The predicted octanol–water partition coefficient (Wildman–Crippen LogP) is 4.30. The molecule has 6 heteroatoms. The fourth-order valence-corrected chi connectivity index (χ4v) is 2.75. The highest BCUT2D eigenvalue weighted by molar-refractivity contribution is 5.54. The van der Waals surface area contributed by atoms with Gasteiger partial charge in [-0.25, -0.2) is 0 Å². The quantitative estimate of drug-likeness (QED) is 0.513. The van der Waals surface area contributed by atoms with Gasteiger partial charge in [-0.2, -0.15) is 10.1 Å². The van der Waals surface area contributed by atoms with Gasteiger partial charge in [-0.1, -0.05) is 47.6 Å². The number of para-hydroxylation sites is 1. The van der Waals surface area contributed by atoms with Crippen molar-refractivity contribution in [1.82, 2.24) is 19.9 Å². The van der Waals surface area contributed by atoms with Crippen LogP contribution in [-0.4, -0.2) is 19.9 Å². The van der Waals surface area contributed by atoms with Gasteiger partial charge in [0.15, 0.2) is 5.60 Å². The van der Waals surface area contributed by atoms with Crippen LogP contribution in [0, 0.1) is 0 Å². The van der Waals surface area contributed by atoms with Crippen molar-refractivity contribution in [3.63, 3.8) is 0 Å². The molecular weight excluding hydrogens is 340 g/mol. The van der Waals surface area contributed by atoms with Crippen molar-refractivity contribution in [2.45, 2.75) is 26.0 Å². The first-order valence-electron chi connectivity index (χ1n) is 8.75. The van der Waals surface area contributed by atoms with E-state index in [1.165, 1.54) is 0 Å². The highest BCUT2D eigenvalue weighted by atomic mass is 16.5. The van der Waals surface area contributed by atoms with Gasteiger partial charge in [0.1, 0.15) is 5.75 Å². The summed E-state index contributed by atoms with van der Waals surface area (Å²) < 4.78 is 13.4. The second kappa shape index (κ2) is 7.07. The van der Waals surface area contributed by atoms with Crippen molar-refractivity contribution < 1.29 is 9.26 Å². The molecule has 0 aliphatic heterocycles. The van der Waals surface area contributed by atoms with E-state index in [1.54, 1.807) is 6.20 Å². The molecule has 0 radical (unpaired) electrons. The van der Waals surface area contributed by atoms with Crippen LogP contribution in [0.4, 0.5) is 0 Å². The minimum absolute atomic E-state index is 0.432. The third-order valence-electron chi connectivity index (χ3n) is 4.17. The Morgan fingerprint density at radius 2 is 1.78 bits per heavy atom. The van der Waals surface area contributed by atoms with E-state index in [4.69, 9.17) is 9.26 Å². The Labute approximate surface area is 157 Å². The molecule has 0 spiro atoms. The van der Waals surface area contributed by atoms with Crippen molar-refractivity contribution in [2.24, 2.45) is 0 Å². The number of hydrogen-bond acceptors (Lipinski definition) is 5. The Kier molecular flexibility index (Phi) is 4.46. The summed E-state index contributed by atoms with van der Waals surface area (Å²) in [5, 5.41) is 8.34. The van der Waals surface area contributed by atoms with Crippen LogP contribution in [0.5, 0.6) is 5.75 Å². The van der Waals surface area contributed by atoms with Crippen LogP contribution in [0.15, 0.2) is 77.6 Å². The summed E-state index contributed by atoms with van der Waals surface area (Å²) in [5.74, 6) is 1.73. The molecule has 2 aromatic heterocycles. The Balaban J connectivity index is 1.50. The smallest absolute Gasteiger partial charge is 0.270 e. The standard InChI is InChI=1S/C21H20N4O2/c1-21(2,26-18-7-4-3-5-8-18)20-23-19(24-27-20)17-11-9-16(10-12-17)15-25-14-6-13-22-25/h3-14H,15H2,1-2H3. The molecule has 0 saturated carbocycles. The van der Waals surface area contributed by atoms with Gasteiger partial charge >= 0.3 is 0 Å². The van der Waals surface area contributed by atoms with E-state index in [2.05, 4.69) is 15.2 Å². The van der Waals surface area contributed by atoms with Gasteiger partial charge in [0.2, 0.25) is 5.82 Å². The van der Waals surface area contributed by atoms with Crippen LogP contribution in [0.3, 0.4) is 0 Å². The van der Waals surface area contributed by atoms with Gasteiger partial charge in [0.05, 0.1) is 6.54 Å². The zero-order valence-corrected chi connectivity index (χ0v) is 15.2. The molecule has 2 aromatic carbocycles. The lowest BCUT2D eigenvalue weighted by Crippen LogP contribution is -2.25. The SMILES string of the molecule is CC(C)(Oc1ccccc1)c1nc(-c2ccc(Cn3cccn3)cc2)no1. The molecule has 0 aliphatic carbocycles. The normalized spacial score (nSPS) is 11.5. The summed E-state index contributed by atoms with van der Waals surface area (Å²) in [6, 6.07) is 19.6. The van der Waals surface area contributed by atoms with Crippen LogP contribution in [-0.2, 0) is 12.1 Å². The maximum absolute atomic E-state index is 6.01. The minimum atomic E-state index is -0.730. The third-order valence-corrected chi connectivity index (χ3v) is 4.17. The highest BCUT2D eigenvalue weighted by Gasteiger charge is 2.30. The highest BCUT2D eigenvalue weighted by Crippen LogP contribution is 2.28. The third kappa shape index (κ3) is 3.89. The summed E-state index contributed by atoms with van der Waals surface area (Å²) in [4.78, 5) is 4.53. The van der Waals surface area contributed by atoms with Crippen molar-refractivity contribution >= 4 is 0 Å². The monoisotopic (exact) mass is 360 g/mol. The van der Waals surface area contributed by atoms with E-state index < -0.39 is 5.60 Å². The van der Waals surface area contributed by atoms with Crippen molar-refractivity contribution in [1.29, 1.82) is 0 Å². The first-order chi connectivity index (χ1) is 13.1. The second-order valence-corrected chi connectivity index (χ2v) is 6.75. The molecule has 0 saturated heterocycles. The summed E-state index contributed by atoms with van der Waals surface area (Å²) in [5.41, 5.74) is 1.32. The van der Waals surface area contributed by atoms with E-state index in [0.29, 0.717) is 11.7 Å². The fourth-order valence-electron chi connectivity index (χ4n) is 2.75. The Morgan fingerprint density at radius 1 is 1.00 bits per heavy atom. The van der Waals surface area contributed by atoms with E-state index in [1.807, 2.05) is 85.4 Å². The Bertz CT molecular complexity index is 990. The molecule has 0 fully saturated rings. The van der Waals surface area contributed by atoms with Gasteiger partial charge in [-0.3, -0.25) is 4.68 Å². The molecule has 4 rings (SSSR count). The molecule has 0 bridgehead atoms. The molecule has 6 nitrogen and oxygen atoms in total. The summed E-state index contributed by atoms with van der Waals surface area (Å²) in [6.45, 7) is 4.54. The largest absolute Gasteiger partial charge is 0.478 e. The minimum Gasteiger partial charge on any atom is -0.478 e. The maximum Gasteiger partial charge on any atom is 0.270 e. The Hall–Kier alpha value is -3.41. The molecule has 0 atom stereocenters. The first-order valence-corrected chi connectivity index (χ1v) is 8.75. The van der Waals surface area contributed by atoms with Gasteiger partial charge in [-0.05, 0) is 37.6 Å². The number of benzene rings is 2. The van der Waals surface area contributed by atoms with Crippen LogP contribution in [0.2, 0.25) is 0 Å². The molecule has 4 aromatic rings. The van der Waals surface area contributed by atoms with Crippen LogP contribution >= 0.6 is 0 Å². The molecule has 0 amide bonds. The average Bonchev–Trinajstić information content (AvgIpc) is 3.35. The number of rotatable bonds is 6. The number of nitrogens with zero attached hydrogens (tertiary/aromatic N) is 4. The number of hydrogen-bond donors (Lipinski definition) is 0. The topological polar surface area (TPSA) is 66.0 Å². The van der Waals surface area contributed by atoms with Crippen molar-refractivity contribution in [2.75, 3.05) is 0 Å². The average molecular weight is 360 g/mol. The Morgan fingerprint density at radius 3 is 2.48 bits per heavy atom. The lowest BCUT2D eigenvalue weighted by Gasteiger charge is -2.22.